The zero-order valence-corrected chi connectivity index (χ0v) is 13.7. The second-order valence-corrected chi connectivity index (χ2v) is 6.15. The van der Waals surface area contributed by atoms with Crippen molar-refractivity contribution in [2.45, 2.75) is 0 Å². The summed E-state index contributed by atoms with van der Waals surface area (Å²) in [6.45, 7) is 0. The first kappa shape index (κ1) is 16.0. The number of nitrogens with one attached hydrogen (secondary N) is 2. The molecule has 21 heavy (non-hydrogen) atoms. The van der Waals surface area contributed by atoms with Gasteiger partial charge in [-0.1, -0.05) is 29.3 Å². The number of thiocarbonyl (C=S) groups is 1. The van der Waals surface area contributed by atoms with Gasteiger partial charge in [-0.3, -0.25) is 10.1 Å². The third-order valence-electron chi connectivity index (χ3n) is 2.36. The average Bonchev–Trinajstić information content (AvgIpc) is 2.93. The van der Waals surface area contributed by atoms with E-state index in [2.05, 4.69) is 10.6 Å². The Bertz CT molecular complexity index is 684. The first-order valence-corrected chi connectivity index (χ1v) is 7.87. The number of carbonyl (C=O) groups is 1. The third kappa shape index (κ3) is 5.13. The molecule has 1 aromatic heterocycles. The molecule has 0 radical (unpaired) electrons. The molecule has 2 aromatic rings. The average molecular weight is 357 g/mol. The highest BCUT2D eigenvalue weighted by atomic mass is 35.5. The molecule has 0 unspecified atom stereocenters. The van der Waals surface area contributed by atoms with Crippen LogP contribution in [-0.4, -0.2) is 11.0 Å². The molecule has 1 amide bonds. The van der Waals surface area contributed by atoms with E-state index in [-0.39, 0.29) is 11.0 Å². The van der Waals surface area contributed by atoms with Gasteiger partial charge in [-0.05, 0) is 47.9 Å². The van der Waals surface area contributed by atoms with Crippen molar-refractivity contribution < 1.29 is 4.79 Å². The molecule has 3 nitrogen and oxygen atoms in total. The van der Waals surface area contributed by atoms with Crippen LogP contribution in [0.4, 0.5) is 5.69 Å². The van der Waals surface area contributed by atoms with Crippen LogP contribution in [0.25, 0.3) is 6.08 Å². The second kappa shape index (κ2) is 7.56. The van der Waals surface area contributed by atoms with Gasteiger partial charge in [-0.15, -0.1) is 11.3 Å². The zero-order valence-electron chi connectivity index (χ0n) is 10.6. The van der Waals surface area contributed by atoms with Gasteiger partial charge >= 0.3 is 0 Å². The number of benzene rings is 1. The SMILES string of the molecule is O=C(/C=C/c1cccs1)NC(=S)Nc1ccc(Cl)cc1Cl. The van der Waals surface area contributed by atoms with Crippen LogP contribution >= 0.6 is 46.8 Å². The van der Waals surface area contributed by atoms with E-state index in [0.717, 1.165) is 4.88 Å². The fourth-order valence-electron chi connectivity index (χ4n) is 1.44. The van der Waals surface area contributed by atoms with E-state index in [1.165, 1.54) is 6.08 Å². The molecule has 0 spiro atoms. The van der Waals surface area contributed by atoms with Crippen LogP contribution in [0.1, 0.15) is 4.88 Å². The van der Waals surface area contributed by atoms with Gasteiger partial charge in [0.25, 0.3) is 0 Å². The molecular weight excluding hydrogens is 347 g/mol. The highest BCUT2D eigenvalue weighted by molar-refractivity contribution is 7.80. The number of amides is 1. The van der Waals surface area contributed by atoms with Crippen LogP contribution in [0.15, 0.2) is 41.8 Å². The van der Waals surface area contributed by atoms with Crippen molar-refractivity contribution in [2.24, 2.45) is 0 Å². The summed E-state index contributed by atoms with van der Waals surface area (Å²) < 4.78 is 0. The molecule has 7 heteroatoms. The Hall–Kier alpha value is -1.40. The fourth-order valence-corrected chi connectivity index (χ4v) is 2.73. The van der Waals surface area contributed by atoms with E-state index in [0.29, 0.717) is 15.7 Å². The van der Waals surface area contributed by atoms with Gasteiger partial charge in [0.1, 0.15) is 0 Å². The Morgan fingerprint density at radius 1 is 1.29 bits per heavy atom. The molecule has 0 aliphatic rings. The summed E-state index contributed by atoms with van der Waals surface area (Å²) in [5.41, 5.74) is 0.577. The van der Waals surface area contributed by atoms with Crippen LogP contribution < -0.4 is 10.6 Å². The number of hydrogen-bond donors (Lipinski definition) is 2. The largest absolute Gasteiger partial charge is 0.331 e. The summed E-state index contributed by atoms with van der Waals surface area (Å²) in [6.07, 6.45) is 3.14. The zero-order chi connectivity index (χ0) is 15.2. The predicted octanol–water partition coefficient (Wildman–Crippen LogP) is 4.58. The van der Waals surface area contributed by atoms with Gasteiger partial charge in [0.2, 0.25) is 5.91 Å². The Morgan fingerprint density at radius 2 is 2.10 bits per heavy atom. The lowest BCUT2D eigenvalue weighted by Crippen LogP contribution is -2.32. The van der Waals surface area contributed by atoms with E-state index in [9.17, 15) is 4.79 Å². The van der Waals surface area contributed by atoms with Crippen molar-refractivity contribution in [3.63, 3.8) is 0 Å². The number of hydrogen-bond acceptors (Lipinski definition) is 3. The first-order chi connectivity index (χ1) is 10.0. The molecule has 2 N–H and O–H groups in total. The van der Waals surface area contributed by atoms with Gasteiger partial charge in [-0.2, -0.15) is 0 Å². The van der Waals surface area contributed by atoms with Crippen LogP contribution in [0.3, 0.4) is 0 Å². The first-order valence-electron chi connectivity index (χ1n) is 5.83. The topological polar surface area (TPSA) is 41.1 Å². The third-order valence-corrected chi connectivity index (χ3v) is 3.95. The normalized spacial score (nSPS) is 10.6. The highest BCUT2D eigenvalue weighted by Gasteiger charge is 2.05. The number of thiophene rings is 1. The quantitative estimate of drug-likeness (QED) is 0.624. The monoisotopic (exact) mass is 356 g/mol. The number of halogens is 2. The second-order valence-electron chi connectivity index (χ2n) is 3.92. The Morgan fingerprint density at radius 3 is 2.76 bits per heavy atom. The van der Waals surface area contributed by atoms with E-state index < -0.39 is 0 Å². The van der Waals surface area contributed by atoms with Gasteiger partial charge in [0, 0.05) is 16.0 Å². The molecule has 2 rings (SSSR count). The van der Waals surface area contributed by atoms with Crippen LogP contribution in [0, 0.1) is 0 Å². The number of anilines is 1. The van der Waals surface area contributed by atoms with Crippen molar-refractivity contribution in [2.75, 3.05) is 5.32 Å². The lowest BCUT2D eigenvalue weighted by Gasteiger charge is -2.09. The molecule has 0 saturated carbocycles. The number of carbonyl (C=O) groups excluding carboxylic acids is 1. The minimum Gasteiger partial charge on any atom is -0.331 e. The maximum atomic E-state index is 11.7. The summed E-state index contributed by atoms with van der Waals surface area (Å²) in [5, 5.41) is 8.43. The van der Waals surface area contributed by atoms with E-state index >= 15 is 0 Å². The van der Waals surface area contributed by atoms with E-state index in [1.807, 2.05) is 17.5 Å². The Kier molecular flexibility index (Phi) is 5.76. The Balaban J connectivity index is 1.90. The van der Waals surface area contributed by atoms with Gasteiger partial charge < -0.3 is 5.32 Å². The minimum absolute atomic E-state index is 0.167. The Labute approximate surface area is 141 Å². The lowest BCUT2D eigenvalue weighted by molar-refractivity contribution is -0.115. The summed E-state index contributed by atoms with van der Waals surface area (Å²) in [7, 11) is 0. The fraction of sp³-hybridized carbons (Fsp3) is 0. The molecule has 0 atom stereocenters. The molecule has 0 fully saturated rings. The molecule has 108 valence electrons. The molecule has 0 bridgehead atoms. The van der Waals surface area contributed by atoms with Crippen molar-refractivity contribution >= 4 is 69.5 Å². The standard InChI is InChI=1S/C14H10Cl2N2OS2/c15-9-3-5-12(11(16)8-9)17-14(20)18-13(19)6-4-10-2-1-7-21-10/h1-8H,(H2,17,18,19,20)/b6-4+. The van der Waals surface area contributed by atoms with Gasteiger partial charge in [-0.25, -0.2) is 0 Å². The van der Waals surface area contributed by atoms with Gasteiger partial charge in [0.05, 0.1) is 10.7 Å². The molecule has 1 aromatic carbocycles. The molecule has 0 aliphatic heterocycles. The summed E-state index contributed by atoms with van der Waals surface area (Å²) >= 11 is 18.4. The minimum atomic E-state index is -0.314. The predicted molar refractivity (Wildman–Crippen MR) is 94.2 cm³/mol. The molecule has 0 aliphatic carbocycles. The van der Waals surface area contributed by atoms with Gasteiger partial charge in [0.15, 0.2) is 5.11 Å². The van der Waals surface area contributed by atoms with Crippen molar-refractivity contribution in [1.82, 2.24) is 5.32 Å². The lowest BCUT2D eigenvalue weighted by atomic mass is 10.3. The van der Waals surface area contributed by atoms with E-state index in [1.54, 1.807) is 35.6 Å². The summed E-state index contributed by atoms with van der Waals surface area (Å²) in [6, 6.07) is 8.78. The van der Waals surface area contributed by atoms with Crippen LogP contribution in [0.2, 0.25) is 10.0 Å². The van der Waals surface area contributed by atoms with Crippen molar-refractivity contribution in [3.05, 3.63) is 56.7 Å². The molecule has 0 saturated heterocycles. The van der Waals surface area contributed by atoms with Crippen LogP contribution in [-0.2, 0) is 4.79 Å². The molecular formula is C14H10Cl2N2OS2. The van der Waals surface area contributed by atoms with Crippen molar-refractivity contribution in [3.8, 4) is 0 Å². The summed E-state index contributed by atoms with van der Waals surface area (Å²) in [5.74, 6) is -0.314. The van der Waals surface area contributed by atoms with Crippen LogP contribution in [0.5, 0.6) is 0 Å². The maximum Gasteiger partial charge on any atom is 0.250 e. The smallest absolute Gasteiger partial charge is 0.250 e. The summed E-state index contributed by atoms with van der Waals surface area (Å²) in [4.78, 5) is 12.7. The van der Waals surface area contributed by atoms with E-state index in [4.69, 9.17) is 35.4 Å². The molecule has 1 heterocycles. The van der Waals surface area contributed by atoms with Crippen molar-refractivity contribution in [1.29, 1.82) is 0 Å². The highest BCUT2D eigenvalue weighted by Crippen LogP contribution is 2.25. The number of rotatable bonds is 3. The maximum absolute atomic E-state index is 11.7.